The zero-order chi connectivity index (χ0) is 19.1. The number of ether oxygens (including phenoxy) is 2. The minimum Gasteiger partial charge on any atom is -0.493 e. The summed E-state index contributed by atoms with van der Waals surface area (Å²) in [6.07, 6.45) is 0.834. The molecule has 0 fully saturated rings. The van der Waals surface area contributed by atoms with E-state index in [0.717, 1.165) is 29.2 Å². The maximum absolute atomic E-state index is 12.4. The summed E-state index contributed by atoms with van der Waals surface area (Å²) in [5.41, 5.74) is 1.85. The summed E-state index contributed by atoms with van der Waals surface area (Å²) in [6, 6.07) is 12.9. The Bertz CT molecular complexity index is 752. The van der Waals surface area contributed by atoms with Crippen LogP contribution >= 0.6 is 11.6 Å². The standard InChI is InChI=1S/C20H25ClN2O3/c1-14(20(24)22-17-7-5-6-16(21)13-17)23(2)11-10-15-8-9-18(25-3)19(12-15)26-4/h5-9,12-14H,10-11H2,1-4H3,(H,22,24)/p+1/t14-/m0/s1. The molecule has 2 atom stereocenters. The zero-order valence-corrected chi connectivity index (χ0v) is 16.4. The second-order valence-electron chi connectivity index (χ2n) is 6.26. The molecule has 26 heavy (non-hydrogen) atoms. The summed E-state index contributed by atoms with van der Waals surface area (Å²) in [5, 5.41) is 3.52. The van der Waals surface area contributed by atoms with E-state index in [-0.39, 0.29) is 11.9 Å². The van der Waals surface area contributed by atoms with Crippen LogP contribution in [0.1, 0.15) is 12.5 Å². The number of carbonyl (C=O) groups excluding carboxylic acids is 1. The quantitative estimate of drug-likeness (QED) is 0.743. The number of hydrogen-bond donors (Lipinski definition) is 2. The summed E-state index contributed by atoms with van der Waals surface area (Å²) >= 11 is 5.96. The largest absolute Gasteiger partial charge is 0.493 e. The predicted octanol–water partition coefficient (Wildman–Crippen LogP) is 2.44. The van der Waals surface area contributed by atoms with Crippen molar-refractivity contribution in [3.8, 4) is 11.5 Å². The van der Waals surface area contributed by atoms with Gasteiger partial charge in [-0.15, -0.1) is 0 Å². The van der Waals surface area contributed by atoms with Crippen LogP contribution < -0.4 is 19.7 Å². The van der Waals surface area contributed by atoms with E-state index < -0.39 is 0 Å². The van der Waals surface area contributed by atoms with Gasteiger partial charge in [-0.1, -0.05) is 23.7 Å². The molecule has 5 nitrogen and oxygen atoms in total. The van der Waals surface area contributed by atoms with Crippen LogP contribution in [0.2, 0.25) is 5.02 Å². The van der Waals surface area contributed by atoms with E-state index in [0.29, 0.717) is 16.5 Å². The molecule has 6 heteroatoms. The van der Waals surface area contributed by atoms with E-state index in [2.05, 4.69) is 5.32 Å². The molecule has 2 aromatic rings. The van der Waals surface area contributed by atoms with Gasteiger partial charge >= 0.3 is 0 Å². The molecule has 0 heterocycles. The maximum Gasteiger partial charge on any atom is 0.282 e. The highest BCUT2D eigenvalue weighted by Gasteiger charge is 2.21. The van der Waals surface area contributed by atoms with E-state index in [1.807, 2.05) is 44.3 Å². The second-order valence-corrected chi connectivity index (χ2v) is 6.69. The van der Waals surface area contributed by atoms with Crippen LogP contribution in [0.25, 0.3) is 0 Å². The van der Waals surface area contributed by atoms with Crippen molar-refractivity contribution in [1.29, 1.82) is 0 Å². The van der Waals surface area contributed by atoms with Crippen LogP contribution in [-0.2, 0) is 11.2 Å². The number of benzene rings is 2. The number of halogens is 1. The maximum atomic E-state index is 12.4. The molecule has 1 amide bonds. The Kier molecular flexibility index (Phi) is 7.30. The average molecular weight is 378 g/mol. The molecule has 140 valence electrons. The number of quaternary nitrogens is 1. The van der Waals surface area contributed by atoms with Crippen LogP contribution in [0.5, 0.6) is 11.5 Å². The highest BCUT2D eigenvalue weighted by Crippen LogP contribution is 2.27. The molecular formula is C20H26ClN2O3+. The molecule has 0 bridgehead atoms. The lowest BCUT2D eigenvalue weighted by atomic mass is 10.1. The molecule has 0 aliphatic heterocycles. The number of methoxy groups -OCH3 is 2. The van der Waals surface area contributed by atoms with Crippen LogP contribution in [0.3, 0.4) is 0 Å². The van der Waals surface area contributed by atoms with Crippen molar-refractivity contribution in [3.63, 3.8) is 0 Å². The third kappa shape index (κ3) is 5.38. The van der Waals surface area contributed by atoms with Crippen molar-refractivity contribution in [2.45, 2.75) is 19.4 Å². The van der Waals surface area contributed by atoms with Crippen LogP contribution in [0.4, 0.5) is 5.69 Å². The smallest absolute Gasteiger partial charge is 0.282 e. The number of amides is 1. The number of anilines is 1. The van der Waals surface area contributed by atoms with Crippen molar-refractivity contribution in [2.75, 3.05) is 33.1 Å². The first-order valence-electron chi connectivity index (χ1n) is 8.54. The molecule has 0 spiro atoms. The molecule has 0 aliphatic carbocycles. The number of likely N-dealkylation sites (N-methyl/N-ethyl adjacent to an activating group) is 1. The van der Waals surface area contributed by atoms with Gasteiger partial charge in [-0.3, -0.25) is 4.79 Å². The average Bonchev–Trinajstić information content (AvgIpc) is 2.65. The van der Waals surface area contributed by atoms with Gasteiger partial charge in [-0.25, -0.2) is 0 Å². The number of hydrogen-bond acceptors (Lipinski definition) is 3. The van der Waals surface area contributed by atoms with Gasteiger partial charge in [0.05, 0.1) is 27.8 Å². The lowest BCUT2D eigenvalue weighted by molar-refractivity contribution is -0.893. The summed E-state index contributed by atoms with van der Waals surface area (Å²) < 4.78 is 10.6. The fourth-order valence-electron chi connectivity index (χ4n) is 2.63. The lowest BCUT2D eigenvalue weighted by Crippen LogP contribution is -3.14. The second kappa shape index (κ2) is 9.46. The third-order valence-electron chi connectivity index (χ3n) is 4.48. The van der Waals surface area contributed by atoms with Gasteiger partial charge in [-0.05, 0) is 42.8 Å². The van der Waals surface area contributed by atoms with E-state index in [9.17, 15) is 4.79 Å². The fraction of sp³-hybridized carbons (Fsp3) is 0.350. The molecule has 2 aromatic carbocycles. The third-order valence-corrected chi connectivity index (χ3v) is 4.72. The summed E-state index contributed by atoms with van der Waals surface area (Å²) in [7, 11) is 5.26. The van der Waals surface area contributed by atoms with Crippen molar-refractivity contribution >= 4 is 23.2 Å². The van der Waals surface area contributed by atoms with Crippen LogP contribution in [-0.4, -0.2) is 39.8 Å². The van der Waals surface area contributed by atoms with Crippen molar-refractivity contribution in [2.24, 2.45) is 0 Å². The first-order valence-corrected chi connectivity index (χ1v) is 8.92. The van der Waals surface area contributed by atoms with Gasteiger partial charge in [0, 0.05) is 17.1 Å². The Morgan fingerprint density at radius 2 is 1.88 bits per heavy atom. The Morgan fingerprint density at radius 1 is 1.15 bits per heavy atom. The first kappa shape index (κ1) is 20.1. The Balaban J connectivity index is 1.92. The lowest BCUT2D eigenvalue weighted by Gasteiger charge is -2.21. The highest BCUT2D eigenvalue weighted by molar-refractivity contribution is 6.30. The molecule has 0 saturated carbocycles. The van der Waals surface area contributed by atoms with Gasteiger partial charge in [0.25, 0.3) is 5.91 Å². The van der Waals surface area contributed by atoms with Gasteiger partial charge in [0.15, 0.2) is 17.5 Å². The van der Waals surface area contributed by atoms with E-state index >= 15 is 0 Å². The first-order chi connectivity index (χ1) is 12.4. The van der Waals surface area contributed by atoms with Crippen molar-refractivity contribution < 1.29 is 19.2 Å². The van der Waals surface area contributed by atoms with Gasteiger partial charge in [-0.2, -0.15) is 0 Å². The number of rotatable bonds is 8. The summed E-state index contributed by atoms with van der Waals surface area (Å²) in [4.78, 5) is 13.6. The summed E-state index contributed by atoms with van der Waals surface area (Å²) in [5.74, 6) is 1.40. The van der Waals surface area contributed by atoms with Gasteiger partial charge in [0.2, 0.25) is 0 Å². The Labute approximate surface area is 159 Å². The van der Waals surface area contributed by atoms with Crippen molar-refractivity contribution in [1.82, 2.24) is 0 Å². The zero-order valence-electron chi connectivity index (χ0n) is 15.6. The normalized spacial score (nSPS) is 13.0. The summed E-state index contributed by atoms with van der Waals surface area (Å²) in [6.45, 7) is 2.74. The monoisotopic (exact) mass is 377 g/mol. The molecule has 2 N–H and O–H groups in total. The molecule has 0 aromatic heterocycles. The molecule has 2 rings (SSSR count). The molecule has 1 unspecified atom stereocenters. The molecule has 0 aliphatic rings. The van der Waals surface area contributed by atoms with E-state index in [4.69, 9.17) is 21.1 Å². The number of carbonyl (C=O) groups is 1. The Hall–Kier alpha value is -2.24. The highest BCUT2D eigenvalue weighted by atomic mass is 35.5. The van der Waals surface area contributed by atoms with Crippen LogP contribution in [0.15, 0.2) is 42.5 Å². The van der Waals surface area contributed by atoms with Gasteiger partial charge in [0.1, 0.15) is 0 Å². The minimum absolute atomic E-state index is 0.0305. The van der Waals surface area contributed by atoms with Gasteiger partial charge < -0.3 is 19.7 Å². The Morgan fingerprint density at radius 3 is 2.54 bits per heavy atom. The number of nitrogens with one attached hydrogen (secondary N) is 2. The molecule has 0 radical (unpaired) electrons. The van der Waals surface area contributed by atoms with E-state index in [1.165, 1.54) is 0 Å². The predicted molar refractivity (Wildman–Crippen MR) is 105 cm³/mol. The minimum atomic E-state index is -0.186. The molecule has 0 saturated heterocycles. The SMILES string of the molecule is COc1ccc(CC[NH+](C)[C@@H](C)C(=O)Nc2cccc(Cl)c2)cc1OC. The van der Waals surface area contributed by atoms with Crippen LogP contribution in [0, 0.1) is 0 Å². The fourth-order valence-corrected chi connectivity index (χ4v) is 2.82. The topological polar surface area (TPSA) is 52.0 Å². The van der Waals surface area contributed by atoms with Crippen molar-refractivity contribution in [3.05, 3.63) is 53.1 Å². The van der Waals surface area contributed by atoms with E-state index in [1.54, 1.807) is 26.4 Å². The molecular weight excluding hydrogens is 352 g/mol.